The molecule has 0 spiro atoms. The highest BCUT2D eigenvalue weighted by molar-refractivity contribution is 5.86. The average Bonchev–Trinajstić information content (AvgIpc) is 2.22. The van der Waals surface area contributed by atoms with Crippen molar-refractivity contribution in [2.45, 2.75) is 26.0 Å². The highest BCUT2D eigenvalue weighted by Gasteiger charge is 2.24. The molecule has 2 atom stereocenters. The molecular formula is C9H17N3O5. The highest BCUT2D eigenvalue weighted by atomic mass is 16.4. The lowest BCUT2D eigenvalue weighted by molar-refractivity contribution is -0.141. The quantitative estimate of drug-likeness (QED) is 0.380. The fourth-order valence-corrected chi connectivity index (χ4v) is 1.00. The predicted molar refractivity (Wildman–Crippen MR) is 58.3 cm³/mol. The number of aliphatic carboxylic acids is 1. The van der Waals surface area contributed by atoms with Crippen LogP contribution in [0.25, 0.3) is 0 Å². The summed E-state index contributed by atoms with van der Waals surface area (Å²) in [7, 11) is 0. The average molecular weight is 247 g/mol. The van der Waals surface area contributed by atoms with Crippen LogP contribution in [0.4, 0.5) is 4.79 Å². The first-order valence-corrected chi connectivity index (χ1v) is 5.10. The van der Waals surface area contributed by atoms with E-state index in [2.05, 4.69) is 10.6 Å². The van der Waals surface area contributed by atoms with E-state index in [-0.39, 0.29) is 12.5 Å². The number of carboxylic acids is 1. The summed E-state index contributed by atoms with van der Waals surface area (Å²) in [5, 5.41) is 24.4. The molecule has 98 valence electrons. The molecule has 0 rings (SSSR count). The predicted octanol–water partition coefficient (Wildman–Crippen LogP) is -1.74. The maximum absolute atomic E-state index is 11.2. The molecule has 0 saturated heterocycles. The van der Waals surface area contributed by atoms with Gasteiger partial charge in [0.15, 0.2) is 6.04 Å². The van der Waals surface area contributed by atoms with Gasteiger partial charge in [0, 0.05) is 6.54 Å². The van der Waals surface area contributed by atoms with Gasteiger partial charge in [-0.25, -0.2) is 9.59 Å². The van der Waals surface area contributed by atoms with Crippen LogP contribution in [0.5, 0.6) is 0 Å². The van der Waals surface area contributed by atoms with Crippen LogP contribution < -0.4 is 16.0 Å². The topological polar surface area (TPSA) is 128 Å². The molecule has 3 amide bonds. The molecule has 0 aliphatic rings. The molecule has 0 aliphatic carbocycles. The van der Waals surface area contributed by atoms with Crippen LogP contribution in [0.3, 0.4) is 0 Å². The molecule has 0 saturated carbocycles. The Labute approximate surface area is 98.4 Å². The van der Waals surface area contributed by atoms with E-state index in [1.54, 1.807) is 6.92 Å². The van der Waals surface area contributed by atoms with Gasteiger partial charge in [0.05, 0.1) is 12.6 Å². The van der Waals surface area contributed by atoms with Crippen molar-refractivity contribution in [2.24, 2.45) is 0 Å². The molecule has 17 heavy (non-hydrogen) atoms. The van der Waals surface area contributed by atoms with Gasteiger partial charge in [-0.3, -0.25) is 4.79 Å². The number of urea groups is 1. The van der Waals surface area contributed by atoms with E-state index in [0.29, 0.717) is 6.54 Å². The fourth-order valence-electron chi connectivity index (χ4n) is 1.00. The zero-order valence-electron chi connectivity index (χ0n) is 9.69. The number of hydrogen-bond acceptors (Lipinski definition) is 4. The molecule has 0 unspecified atom stereocenters. The summed E-state index contributed by atoms with van der Waals surface area (Å²) in [5.41, 5.74) is 0. The number of rotatable bonds is 6. The van der Waals surface area contributed by atoms with Gasteiger partial charge >= 0.3 is 12.0 Å². The van der Waals surface area contributed by atoms with E-state index in [0.717, 1.165) is 0 Å². The normalized spacial score (nSPS) is 13.4. The smallest absolute Gasteiger partial charge is 0.328 e. The number of carboxylic acid groups (broad SMARTS) is 1. The first kappa shape index (κ1) is 15.2. The SMILES string of the molecule is CCNC(=O)CNC(=O)N[C@H](C(=O)O)[C@@H](C)O. The number of carbonyl (C=O) groups excluding carboxylic acids is 2. The standard InChI is InChI=1S/C9H17N3O5/c1-3-10-6(14)4-11-9(17)12-7(5(2)13)8(15)16/h5,7,13H,3-4H2,1-2H3,(H,10,14)(H,15,16)(H2,11,12,17)/t5-,7+/m1/s1. The Hall–Kier alpha value is -1.83. The first-order valence-electron chi connectivity index (χ1n) is 5.10. The van der Waals surface area contributed by atoms with E-state index < -0.39 is 24.1 Å². The number of carbonyl (C=O) groups is 3. The summed E-state index contributed by atoms with van der Waals surface area (Å²) < 4.78 is 0. The Morgan fingerprint density at radius 3 is 2.24 bits per heavy atom. The summed E-state index contributed by atoms with van der Waals surface area (Å²) in [5.74, 6) is -1.74. The van der Waals surface area contributed by atoms with E-state index >= 15 is 0 Å². The first-order chi connectivity index (χ1) is 7.88. The third-order valence-electron chi connectivity index (χ3n) is 1.82. The van der Waals surface area contributed by atoms with Crippen LogP contribution in [0.2, 0.25) is 0 Å². The largest absolute Gasteiger partial charge is 0.480 e. The van der Waals surface area contributed by atoms with Crippen molar-refractivity contribution in [3.05, 3.63) is 0 Å². The van der Waals surface area contributed by atoms with Crippen molar-refractivity contribution in [3.63, 3.8) is 0 Å². The minimum absolute atomic E-state index is 0.258. The van der Waals surface area contributed by atoms with Crippen molar-refractivity contribution in [3.8, 4) is 0 Å². The molecule has 0 bridgehead atoms. The molecule has 0 aliphatic heterocycles. The highest BCUT2D eigenvalue weighted by Crippen LogP contribution is 1.92. The molecule has 0 radical (unpaired) electrons. The van der Waals surface area contributed by atoms with Crippen molar-refractivity contribution in [1.82, 2.24) is 16.0 Å². The maximum atomic E-state index is 11.2. The molecule has 5 N–H and O–H groups in total. The van der Waals surface area contributed by atoms with Gasteiger partial charge in [-0.1, -0.05) is 0 Å². The van der Waals surface area contributed by atoms with E-state index in [1.165, 1.54) is 6.92 Å². The minimum atomic E-state index is -1.41. The molecule has 0 fully saturated rings. The Kier molecular flexibility index (Phi) is 6.64. The van der Waals surface area contributed by atoms with Gasteiger partial charge in [0.25, 0.3) is 0 Å². The lowest BCUT2D eigenvalue weighted by Gasteiger charge is -2.17. The zero-order valence-corrected chi connectivity index (χ0v) is 9.69. The van der Waals surface area contributed by atoms with Crippen LogP contribution in [-0.2, 0) is 9.59 Å². The number of aliphatic hydroxyl groups excluding tert-OH is 1. The summed E-state index contributed by atoms with van der Waals surface area (Å²) in [6.45, 7) is 3.15. The minimum Gasteiger partial charge on any atom is -0.480 e. The Bertz CT molecular complexity index is 292. The third kappa shape index (κ3) is 6.36. The van der Waals surface area contributed by atoms with Gasteiger partial charge in [0.2, 0.25) is 5.91 Å². The molecular weight excluding hydrogens is 230 g/mol. The van der Waals surface area contributed by atoms with E-state index in [1.807, 2.05) is 5.32 Å². The monoisotopic (exact) mass is 247 g/mol. The molecule has 8 nitrogen and oxygen atoms in total. The Balaban J connectivity index is 4.07. The number of likely N-dealkylation sites (N-methyl/N-ethyl adjacent to an activating group) is 1. The summed E-state index contributed by atoms with van der Waals surface area (Å²) in [6.07, 6.45) is -1.23. The molecule has 8 heteroatoms. The van der Waals surface area contributed by atoms with Gasteiger partial charge in [-0.15, -0.1) is 0 Å². The van der Waals surface area contributed by atoms with Gasteiger partial charge in [-0.2, -0.15) is 0 Å². The molecule has 0 aromatic carbocycles. The molecule has 0 aromatic heterocycles. The second-order valence-electron chi connectivity index (χ2n) is 3.34. The Morgan fingerprint density at radius 2 is 1.82 bits per heavy atom. The van der Waals surface area contributed by atoms with E-state index in [9.17, 15) is 14.4 Å². The third-order valence-corrected chi connectivity index (χ3v) is 1.82. The number of aliphatic hydroxyl groups is 1. The van der Waals surface area contributed by atoms with Gasteiger partial charge < -0.3 is 26.2 Å². The Morgan fingerprint density at radius 1 is 1.24 bits per heavy atom. The summed E-state index contributed by atoms with van der Waals surface area (Å²) in [4.78, 5) is 32.8. The number of nitrogens with one attached hydrogen (secondary N) is 3. The lowest BCUT2D eigenvalue weighted by Crippen LogP contribution is -2.52. The molecule has 0 heterocycles. The lowest BCUT2D eigenvalue weighted by atomic mass is 10.2. The van der Waals surface area contributed by atoms with Crippen LogP contribution in [0, 0.1) is 0 Å². The fraction of sp³-hybridized carbons (Fsp3) is 0.667. The van der Waals surface area contributed by atoms with Crippen molar-refractivity contribution in [2.75, 3.05) is 13.1 Å². The van der Waals surface area contributed by atoms with Gasteiger partial charge in [0.1, 0.15) is 0 Å². The van der Waals surface area contributed by atoms with Crippen LogP contribution in [-0.4, -0.2) is 53.4 Å². The number of amides is 3. The van der Waals surface area contributed by atoms with Crippen LogP contribution >= 0.6 is 0 Å². The second kappa shape index (κ2) is 7.44. The van der Waals surface area contributed by atoms with Crippen LogP contribution in [0.1, 0.15) is 13.8 Å². The molecule has 0 aromatic rings. The number of hydrogen-bond donors (Lipinski definition) is 5. The summed E-state index contributed by atoms with van der Waals surface area (Å²) >= 11 is 0. The second-order valence-corrected chi connectivity index (χ2v) is 3.34. The van der Waals surface area contributed by atoms with E-state index in [4.69, 9.17) is 10.2 Å². The summed E-state index contributed by atoms with van der Waals surface area (Å²) in [6, 6.07) is -2.24. The van der Waals surface area contributed by atoms with Crippen LogP contribution in [0.15, 0.2) is 0 Å². The van der Waals surface area contributed by atoms with Crippen molar-refractivity contribution >= 4 is 17.9 Å². The van der Waals surface area contributed by atoms with Crippen molar-refractivity contribution in [1.29, 1.82) is 0 Å². The maximum Gasteiger partial charge on any atom is 0.328 e. The van der Waals surface area contributed by atoms with Gasteiger partial charge in [-0.05, 0) is 13.8 Å². The zero-order chi connectivity index (χ0) is 13.4. The van der Waals surface area contributed by atoms with Crippen molar-refractivity contribution < 1.29 is 24.6 Å².